The predicted octanol–water partition coefficient (Wildman–Crippen LogP) is 6.49. The van der Waals surface area contributed by atoms with E-state index >= 15 is 0 Å². The zero-order chi connectivity index (χ0) is 26.8. The summed E-state index contributed by atoms with van der Waals surface area (Å²) in [6, 6.07) is 9.67. The van der Waals surface area contributed by atoms with Gasteiger partial charge in [-0.15, -0.1) is 0 Å². The van der Waals surface area contributed by atoms with Crippen LogP contribution in [0.5, 0.6) is 5.75 Å². The van der Waals surface area contributed by atoms with Crippen molar-refractivity contribution in [3.63, 3.8) is 0 Å². The van der Waals surface area contributed by atoms with Gasteiger partial charge < -0.3 is 14.2 Å². The molecule has 8 heteroatoms. The Labute approximate surface area is 218 Å². The lowest BCUT2D eigenvalue weighted by Crippen LogP contribution is -2.33. The summed E-state index contributed by atoms with van der Waals surface area (Å²) >= 11 is 0. The molecule has 0 saturated carbocycles. The second-order valence-electron chi connectivity index (χ2n) is 9.96. The number of pyridine rings is 1. The van der Waals surface area contributed by atoms with Gasteiger partial charge in [-0.3, -0.25) is 14.2 Å². The van der Waals surface area contributed by atoms with Crippen molar-refractivity contribution in [2.24, 2.45) is 0 Å². The fourth-order valence-electron chi connectivity index (χ4n) is 3.79. The topological polar surface area (TPSA) is 81.4 Å². The number of unbranched alkanes of at least 4 members (excludes halogenated alkanes) is 2. The molecule has 198 valence electrons. The molecule has 3 aromatic rings. The van der Waals surface area contributed by atoms with Gasteiger partial charge in [0.25, 0.3) is 5.91 Å². The molecule has 0 fully saturated rings. The highest BCUT2D eigenvalue weighted by atomic mass is 19.1. The van der Waals surface area contributed by atoms with Crippen molar-refractivity contribution >= 4 is 11.6 Å². The average Bonchev–Trinajstić information content (AvgIpc) is 3.36. The number of anilines is 1. The molecule has 37 heavy (non-hydrogen) atoms. The van der Waals surface area contributed by atoms with Crippen molar-refractivity contribution in [3.8, 4) is 16.9 Å². The second-order valence-corrected chi connectivity index (χ2v) is 9.96. The summed E-state index contributed by atoms with van der Waals surface area (Å²) in [4.78, 5) is 23.7. The van der Waals surface area contributed by atoms with Crippen molar-refractivity contribution in [2.45, 2.75) is 65.2 Å². The Morgan fingerprint density at radius 1 is 1.11 bits per heavy atom. The highest BCUT2D eigenvalue weighted by Gasteiger charge is 2.22. The lowest BCUT2D eigenvalue weighted by molar-refractivity contribution is -0.115. The minimum Gasteiger partial charge on any atom is -0.494 e. The van der Waals surface area contributed by atoms with Gasteiger partial charge in [-0.25, -0.2) is 0 Å². The van der Waals surface area contributed by atoms with Crippen molar-refractivity contribution < 1.29 is 18.4 Å². The van der Waals surface area contributed by atoms with Crippen molar-refractivity contribution in [2.75, 3.05) is 24.7 Å². The zero-order valence-electron chi connectivity index (χ0n) is 22.3. The van der Waals surface area contributed by atoms with Gasteiger partial charge >= 0.3 is 0 Å². The summed E-state index contributed by atoms with van der Waals surface area (Å²) in [6.07, 6.45) is 6.62. The SMILES string of the molecule is C=C(CCF)C(=O)N(CCCCCc1noc(C(C)(C)C)n1)c1cncc(-c2ccc(OCC)cc2)c1. The number of hydrogen-bond acceptors (Lipinski definition) is 6. The lowest BCUT2D eigenvalue weighted by Gasteiger charge is -2.24. The number of carbonyl (C=O) groups is 1. The molecule has 0 aliphatic carbocycles. The molecule has 2 heterocycles. The second kappa shape index (κ2) is 13.1. The molecule has 0 atom stereocenters. The molecule has 0 aliphatic heterocycles. The molecule has 3 rings (SSSR count). The third-order valence-electron chi connectivity index (χ3n) is 5.87. The molecule has 2 aromatic heterocycles. The van der Waals surface area contributed by atoms with E-state index in [1.54, 1.807) is 17.3 Å². The van der Waals surface area contributed by atoms with E-state index in [0.29, 0.717) is 37.0 Å². The Bertz CT molecular complexity index is 1170. The van der Waals surface area contributed by atoms with Crippen LogP contribution in [-0.4, -0.2) is 40.9 Å². The molecule has 7 nitrogen and oxygen atoms in total. The molecule has 0 unspecified atom stereocenters. The Hall–Kier alpha value is -3.55. The Morgan fingerprint density at radius 3 is 2.51 bits per heavy atom. The maximum absolute atomic E-state index is 13.2. The molecule has 0 spiro atoms. The Kier molecular flexibility index (Phi) is 9.94. The van der Waals surface area contributed by atoms with Crippen LogP contribution in [0.3, 0.4) is 0 Å². The number of halogens is 1. The summed E-state index contributed by atoms with van der Waals surface area (Å²) in [6.45, 7) is 12.3. The number of amides is 1. The van der Waals surface area contributed by atoms with Gasteiger partial charge in [0.2, 0.25) is 5.89 Å². The maximum Gasteiger partial charge on any atom is 0.253 e. The summed E-state index contributed by atoms with van der Waals surface area (Å²) in [5.74, 6) is 1.84. The first kappa shape index (κ1) is 28.0. The first-order valence-corrected chi connectivity index (χ1v) is 12.8. The molecule has 1 aromatic carbocycles. The fourth-order valence-corrected chi connectivity index (χ4v) is 3.79. The number of ether oxygens (including phenoxy) is 1. The Balaban J connectivity index is 1.68. The molecule has 1 amide bonds. The maximum atomic E-state index is 13.2. The van der Waals surface area contributed by atoms with E-state index in [9.17, 15) is 9.18 Å². The minimum atomic E-state index is -0.621. The first-order valence-electron chi connectivity index (χ1n) is 12.8. The minimum absolute atomic E-state index is 0.00921. The summed E-state index contributed by atoms with van der Waals surface area (Å²) in [7, 11) is 0. The van der Waals surface area contributed by atoms with Crippen LogP contribution in [0, 0.1) is 0 Å². The van der Waals surface area contributed by atoms with Gasteiger partial charge in [-0.1, -0.05) is 51.1 Å². The number of nitrogens with zero attached hydrogens (tertiary/aromatic N) is 4. The van der Waals surface area contributed by atoms with Gasteiger partial charge in [-0.05, 0) is 43.5 Å². The van der Waals surface area contributed by atoms with Crippen LogP contribution < -0.4 is 9.64 Å². The van der Waals surface area contributed by atoms with Gasteiger partial charge in [0.1, 0.15) is 5.75 Å². The van der Waals surface area contributed by atoms with E-state index in [1.165, 1.54) is 0 Å². The number of alkyl halides is 1. The van der Waals surface area contributed by atoms with Crippen LogP contribution in [0.1, 0.15) is 65.1 Å². The molecule has 0 bridgehead atoms. The highest BCUT2D eigenvalue weighted by Crippen LogP contribution is 2.27. The van der Waals surface area contributed by atoms with Crippen LogP contribution in [0.15, 0.2) is 59.4 Å². The quantitative estimate of drug-likeness (QED) is 0.194. The van der Waals surface area contributed by atoms with Gasteiger partial charge in [-0.2, -0.15) is 4.98 Å². The van der Waals surface area contributed by atoms with Gasteiger partial charge in [0.05, 0.1) is 25.2 Å². The van der Waals surface area contributed by atoms with E-state index in [2.05, 4.69) is 21.7 Å². The molecule has 0 saturated heterocycles. The zero-order valence-corrected chi connectivity index (χ0v) is 22.3. The molecule has 0 radical (unpaired) electrons. The number of benzene rings is 1. The van der Waals surface area contributed by atoms with Crippen LogP contribution in [0.25, 0.3) is 11.1 Å². The van der Waals surface area contributed by atoms with E-state index in [0.717, 1.165) is 36.1 Å². The summed E-state index contributed by atoms with van der Waals surface area (Å²) in [5, 5.41) is 4.08. The third kappa shape index (κ3) is 7.97. The monoisotopic (exact) mass is 508 g/mol. The predicted molar refractivity (Wildman–Crippen MR) is 143 cm³/mol. The Morgan fingerprint density at radius 2 is 1.86 bits per heavy atom. The van der Waals surface area contributed by atoms with E-state index < -0.39 is 6.67 Å². The van der Waals surface area contributed by atoms with Gasteiger partial charge in [0, 0.05) is 42.1 Å². The van der Waals surface area contributed by atoms with Crippen molar-refractivity contribution in [1.82, 2.24) is 15.1 Å². The lowest BCUT2D eigenvalue weighted by atomic mass is 9.97. The molecular weight excluding hydrogens is 471 g/mol. The number of carbonyl (C=O) groups excluding carboxylic acids is 1. The first-order chi connectivity index (χ1) is 17.7. The van der Waals surface area contributed by atoms with Crippen LogP contribution in [-0.2, 0) is 16.6 Å². The summed E-state index contributed by atoms with van der Waals surface area (Å²) in [5.41, 5.74) is 2.56. The van der Waals surface area contributed by atoms with Crippen LogP contribution in [0.2, 0.25) is 0 Å². The largest absolute Gasteiger partial charge is 0.494 e. The number of aryl methyl sites for hydroxylation is 1. The molecule has 0 aliphatic rings. The highest BCUT2D eigenvalue weighted by molar-refractivity contribution is 6.05. The third-order valence-corrected chi connectivity index (χ3v) is 5.87. The van der Waals surface area contributed by atoms with Crippen molar-refractivity contribution in [3.05, 3.63) is 66.6 Å². The van der Waals surface area contributed by atoms with Crippen molar-refractivity contribution in [1.29, 1.82) is 0 Å². The fraction of sp³-hybridized carbons (Fsp3) is 0.448. The number of rotatable bonds is 13. The van der Waals surface area contributed by atoms with E-state index in [-0.39, 0.29) is 23.3 Å². The normalized spacial score (nSPS) is 11.4. The molecule has 0 N–H and O–H groups in total. The standard InChI is InChI=1S/C29H37FN4O3/c1-6-36-25-13-11-22(12-14-25)23-18-24(20-31-19-23)34(27(35)21(2)15-16-30)17-9-7-8-10-26-32-28(37-33-26)29(3,4)5/h11-14,18-20H,2,6-10,15-17H2,1,3-5H3. The van der Waals surface area contributed by atoms with Crippen LogP contribution >= 0.6 is 0 Å². The van der Waals surface area contributed by atoms with E-state index in [4.69, 9.17) is 9.26 Å². The number of hydrogen-bond donors (Lipinski definition) is 0. The van der Waals surface area contributed by atoms with Crippen LogP contribution in [0.4, 0.5) is 10.1 Å². The summed E-state index contributed by atoms with van der Waals surface area (Å²) < 4.78 is 23.8. The number of aromatic nitrogens is 3. The smallest absolute Gasteiger partial charge is 0.253 e. The van der Waals surface area contributed by atoms with Gasteiger partial charge in [0.15, 0.2) is 5.82 Å². The molecular formula is C29H37FN4O3. The van der Waals surface area contributed by atoms with E-state index in [1.807, 2.05) is 58.0 Å². The average molecular weight is 509 g/mol.